The Morgan fingerprint density at radius 2 is 1.09 bits per heavy atom. The normalized spacial score (nSPS) is 12.8. The predicted molar refractivity (Wildman–Crippen MR) is 243 cm³/mol. The van der Waals surface area contributed by atoms with Crippen LogP contribution in [0.15, 0.2) is 199 Å². The van der Waals surface area contributed by atoms with E-state index in [0.29, 0.717) is 0 Å². The second kappa shape index (κ2) is 13.1. The summed E-state index contributed by atoms with van der Waals surface area (Å²) in [5, 5.41) is 4.84. The fourth-order valence-corrected chi connectivity index (χ4v) is 9.60. The summed E-state index contributed by atoms with van der Waals surface area (Å²) in [6, 6.07) is 70.8. The van der Waals surface area contributed by atoms with Crippen LogP contribution in [0.2, 0.25) is 0 Å². The Morgan fingerprint density at radius 3 is 1.93 bits per heavy atom. The van der Waals surface area contributed by atoms with Gasteiger partial charge in [-0.25, -0.2) is 0 Å². The summed E-state index contributed by atoms with van der Waals surface area (Å²) in [5.41, 5.74) is 20.7. The zero-order chi connectivity index (χ0) is 38.2. The number of rotatable bonds is 6. The minimum absolute atomic E-state index is 0.875. The van der Waals surface area contributed by atoms with Crippen molar-refractivity contribution in [2.45, 2.75) is 12.8 Å². The van der Waals surface area contributed by atoms with Gasteiger partial charge in [0.1, 0.15) is 11.2 Å². The number of benzene rings is 9. The van der Waals surface area contributed by atoms with Crippen LogP contribution in [0.1, 0.15) is 27.8 Å². The van der Waals surface area contributed by atoms with E-state index in [4.69, 9.17) is 4.42 Å². The Labute approximate surface area is 337 Å². The summed E-state index contributed by atoms with van der Waals surface area (Å²) in [4.78, 5) is 2.42. The molecular formula is C56H37NO. The van der Waals surface area contributed by atoms with Crippen LogP contribution < -0.4 is 4.90 Å². The molecule has 0 saturated carbocycles. The number of anilines is 3. The second-order valence-electron chi connectivity index (χ2n) is 15.6. The molecule has 2 aliphatic carbocycles. The number of hydrogen-bond acceptors (Lipinski definition) is 2. The van der Waals surface area contributed by atoms with Gasteiger partial charge in [0.2, 0.25) is 0 Å². The smallest absolute Gasteiger partial charge is 0.137 e. The van der Waals surface area contributed by atoms with Crippen molar-refractivity contribution in [1.29, 1.82) is 0 Å². The monoisotopic (exact) mass is 739 g/mol. The average Bonchev–Trinajstić information content (AvgIpc) is 4.01. The summed E-state index contributed by atoms with van der Waals surface area (Å²) in [5.74, 6) is 0. The molecular weight excluding hydrogens is 703 g/mol. The highest BCUT2D eigenvalue weighted by molar-refractivity contribution is 6.09. The Bertz CT molecular complexity index is 3260. The number of hydrogen-bond donors (Lipinski definition) is 0. The number of nitrogens with zero attached hydrogens (tertiary/aromatic N) is 1. The van der Waals surface area contributed by atoms with Gasteiger partial charge in [-0.3, -0.25) is 0 Å². The molecule has 12 rings (SSSR count). The summed E-state index contributed by atoms with van der Waals surface area (Å²) in [7, 11) is 0. The molecule has 2 aliphatic rings. The molecule has 0 saturated heterocycles. The molecule has 2 nitrogen and oxygen atoms in total. The van der Waals surface area contributed by atoms with Crippen LogP contribution in [0.3, 0.4) is 0 Å². The molecule has 0 amide bonds. The lowest BCUT2D eigenvalue weighted by Crippen LogP contribution is -2.11. The quantitative estimate of drug-likeness (QED) is 0.169. The van der Waals surface area contributed by atoms with Crippen LogP contribution in [0, 0.1) is 0 Å². The Morgan fingerprint density at radius 1 is 0.379 bits per heavy atom. The van der Waals surface area contributed by atoms with E-state index in [1.165, 1.54) is 77.5 Å². The molecule has 0 unspecified atom stereocenters. The minimum Gasteiger partial charge on any atom is -0.456 e. The van der Waals surface area contributed by atoms with Crippen LogP contribution in [-0.4, -0.2) is 0 Å². The molecule has 58 heavy (non-hydrogen) atoms. The highest BCUT2D eigenvalue weighted by Gasteiger charge is 2.29. The first-order chi connectivity index (χ1) is 28.7. The van der Waals surface area contributed by atoms with Gasteiger partial charge in [0.15, 0.2) is 0 Å². The van der Waals surface area contributed by atoms with E-state index in [2.05, 4.69) is 199 Å². The van der Waals surface area contributed by atoms with Gasteiger partial charge in [-0.05, 0) is 139 Å². The predicted octanol–water partition coefficient (Wildman–Crippen LogP) is 15.2. The maximum atomic E-state index is 6.51. The van der Waals surface area contributed by atoms with Crippen molar-refractivity contribution in [3.63, 3.8) is 0 Å². The fraction of sp³-hybridized carbons (Fsp3) is 0.0357. The third-order valence-corrected chi connectivity index (χ3v) is 12.3. The van der Waals surface area contributed by atoms with Crippen molar-refractivity contribution in [2.24, 2.45) is 0 Å². The van der Waals surface area contributed by atoms with Crippen LogP contribution in [-0.2, 0) is 12.8 Å². The number of fused-ring (bicyclic) bond motifs is 9. The molecule has 0 radical (unpaired) electrons. The topological polar surface area (TPSA) is 16.4 Å². The molecule has 0 N–H and O–H groups in total. The second-order valence-corrected chi connectivity index (χ2v) is 15.6. The molecule has 0 atom stereocenters. The molecule has 272 valence electrons. The zero-order valence-electron chi connectivity index (χ0n) is 31.8. The molecule has 9 aromatic carbocycles. The van der Waals surface area contributed by atoms with E-state index in [-0.39, 0.29) is 0 Å². The molecule has 0 aliphatic heterocycles. The van der Waals surface area contributed by atoms with E-state index in [1.807, 2.05) is 6.07 Å². The highest BCUT2D eigenvalue weighted by atomic mass is 16.3. The van der Waals surface area contributed by atoms with Gasteiger partial charge in [-0.1, -0.05) is 146 Å². The van der Waals surface area contributed by atoms with Crippen LogP contribution in [0.25, 0.3) is 77.7 Å². The van der Waals surface area contributed by atoms with E-state index in [9.17, 15) is 0 Å². The molecule has 0 fully saturated rings. The Hall–Kier alpha value is -7.42. The highest BCUT2D eigenvalue weighted by Crippen LogP contribution is 2.52. The molecule has 1 heterocycles. The lowest BCUT2D eigenvalue weighted by molar-refractivity contribution is 0.669. The van der Waals surface area contributed by atoms with Gasteiger partial charge >= 0.3 is 0 Å². The van der Waals surface area contributed by atoms with Crippen LogP contribution >= 0.6 is 0 Å². The van der Waals surface area contributed by atoms with E-state index >= 15 is 0 Å². The van der Waals surface area contributed by atoms with Crippen LogP contribution in [0.4, 0.5) is 17.1 Å². The van der Waals surface area contributed by atoms with Gasteiger partial charge in [0.25, 0.3) is 0 Å². The molecule has 2 heteroatoms. The number of allylic oxidation sites excluding steroid dienone is 1. The van der Waals surface area contributed by atoms with Gasteiger partial charge in [0, 0.05) is 33.9 Å². The number of para-hydroxylation sites is 1. The van der Waals surface area contributed by atoms with Gasteiger partial charge in [-0.2, -0.15) is 0 Å². The first kappa shape index (κ1) is 32.8. The van der Waals surface area contributed by atoms with Crippen molar-refractivity contribution in [2.75, 3.05) is 4.90 Å². The summed E-state index contributed by atoms with van der Waals surface area (Å²) >= 11 is 0. The van der Waals surface area contributed by atoms with Gasteiger partial charge < -0.3 is 9.32 Å². The standard InChI is InChI=1S/C56H37NO/c1-3-12-36(13-4-1)38-24-26-44(27-25-38)57(45-28-29-50-49-19-9-10-21-53(49)58-54(50)35-45)46-32-43-31-41-23-22-39-16-7-8-18-47(39)55(41)56(43)52(34-46)48-20-11-17-40-30-42(33-51(40)48)37-14-5-2-6-15-37/h1-29,32-35H,30-31H2. The van der Waals surface area contributed by atoms with Crippen molar-refractivity contribution < 1.29 is 4.42 Å². The van der Waals surface area contributed by atoms with Crippen molar-refractivity contribution in [1.82, 2.24) is 0 Å². The Balaban J connectivity index is 1.11. The third-order valence-electron chi connectivity index (χ3n) is 12.3. The maximum Gasteiger partial charge on any atom is 0.137 e. The van der Waals surface area contributed by atoms with Gasteiger partial charge in [-0.15, -0.1) is 0 Å². The number of furan rings is 1. The van der Waals surface area contributed by atoms with E-state index in [1.54, 1.807) is 0 Å². The van der Waals surface area contributed by atoms with Crippen molar-refractivity contribution in [3.8, 4) is 33.4 Å². The van der Waals surface area contributed by atoms with Crippen LogP contribution in [0.5, 0.6) is 0 Å². The summed E-state index contributed by atoms with van der Waals surface area (Å²) in [6.07, 6.45) is 4.24. The zero-order valence-corrected chi connectivity index (χ0v) is 31.8. The minimum atomic E-state index is 0.875. The van der Waals surface area contributed by atoms with E-state index < -0.39 is 0 Å². The lowest BCUT2D eigenvalue weighted by Gasteiger charge is -2.28. The average molecular weight is 740 g/mol. The molecule has 0 bridgehead atoms. The summed E-state index contributed by atoms with van der Waals surface area (Å²) < 4.78 is 6.51. The first-order valence-corrected chi connectivity index (χ1v) is 20.2. The first-order valence-electron chi connectivity index (χ1n) is 20.2. The largest absolute Gasteiger partial charge is 0.456 e. The van der Waals surface area contributed by atoms with Crippen molar-refractivity contribution in [3.05, 3.63) is 222 Å². The SMILES string of the molecule is C1=C(c2ccccc2)Cc2cccc(-c3cc(N(c4ccc(-c5ccccc5)cc4)c4ccc5c(c4)oc4ccccc45)cc4c3-c3c(ccc5ccccc35)C4)c21. The van der Waals surface area contributed by atoms with Crippen molar-refractivity contribution >= 4 is 61.4 Å². The molecule has 10 aromatic rings. The Kier molecular flexibility index (Phi) is 7.39. The molecule has 0 spiro atoms. The summed E-state index contributed by atoms with van der Waals surface area (Å²) in [6.45, 7) is 0. The third kappa shape index (κ3) is 5.26. The van der Waals surface area contributed by atoms with Gasteiger partial charge in [0.05, 0.1) is 0 Å². The van der Waals surface area contributed by atoms with E-state index in [0.717, 1.165) is 51.8 Å². The molecule has 1 aromatic heterocycles. The fourth-order valence-electron chi connectivity index (χ4n) is 9.60. The maximum absolute atomic E-state index is 6.51. The lowest BCUT2D eigenvalue weighted by atomic mass is 9.88.